The zero-order chi connectivity index (χ0) is 19.4. The fourth-order valence-corrected chi connectivity index (χ4v) is 3.11. The Kier molecular flexibility index (Phi) is 5.50. The second-order valence-corrected chi connectivity index (χ2v) is 5.98. The molecule has 1 aliphatic carbocycles. The van der Waals surface area contributed by atoms with Gasteiger partial charge in [-0.25, -0.2) is 0 Å². The van der Waals surface area contributed by atoms with Gasteiger partial charge in [-0.2, -0.15) is 0 Å². The van der Waals surface area contributed by atoms with Crippen LogP contribution in [0.4, 0.5) is 0 Å². The van der Waals surface area contributed by atoms with Crippen molar-refractivity contribution in [3.63, 3.8) is 0 Å². The number of allylic oxidation sites excluding steroid dienone is 4. The first-order valence-corrected chi connectivity index (χ1v) is 8.51. The van der Waals surface area contributed by atoms with Gasteiger partial charge in [-0.05, 0) is 41.8 Å². The largest absolute Gasteiger partial charge is 0.496 e. The predicted octanol–water partition coefficient (Wildman–Crippen LogP) is 4.30. The summed E-state index contributed by atoms with van der Waals surface area (Å²) in [6.07, 6.45) is 7.00. The van der Waals surface area contributed by atoms with Crippen LogP contribution in [0.25, 0.3) is 5.57 Å². The molecule has 2 aromatic rings. The predicted molar refractivity (Wildman–Crippen MR) is 104 cm³/mol. The average molecular weight is 366 g/mol. The Labute approximate surface area is 158 Å². The molecule has 0 radical (unpaired) electrons. The van der Waals surface area contributed by atoms with Gasteiger partial charge in [-0.3, -0.25) is 4.79 Å². The Bertz CT molecular complexity index is 899. The summed E-state index contributed by atoms with van der Waals surface area (Å²) in [6.45, 7) is 0. The van der Waals surface area contributed by atoms with Gasteiger partial charge in [0.15, 0.2) is 17.3 Å². The first kappa shape index (κ1) is 18.6. The summed E-state index contributed by atoms with van der Waals surface area (Å²) < 4.78 is 21.5. The first-order valence-electron chi connectivity index (χ1n) is 8.51. The lowest BCUT2D eigenvalue weighted by Gasteiger charge is -2.15. The number of benzene rings is 2. The molecule has 0 N–H and O–H groups in total. The number of methoxy groups -OCH3 is 4. The molecule has 0 fully saturated rings. The summed E-state index contributed by atoms with van der Waals surface area (Å²) >= 11 is 0. The van der Waals surface area contributed by atoms with E-state index in [1.54, 1.807) is 19.2 Å². The molecule has 0 aliphatic heterocycles. The lowest BCUT2D eigenvalue weighted by molar-refractivity contribution is 0.103. The van der Waals surface area contributed by atoms with Crippen molar-refractivity contribution in [2.24, 2.45) is 0 Å². The van der Waals surface area contributed by atoms with E-state index in [1.165, 1.54) is 21.3 Å². The molecule has 140 valence electrons. The van der Waals surface area contributed by atoms with Crippen LogP contribution in [-0.4, -0.2) is 34.2 Å². The normalized spacial score (nSPS) is 12.5. The zero-order valence-corrected chi connectivity index (χ0v) is 15.9. The molecular weight excluding hydrogens is 344 g/mol. The van der Waals surface area contributed by atoms with Crippen molar-refractivity contribution < 1.29 is 23.7 Å². The molecule has 0 saturated heterocycles. The van der Waals surface area contributed by atoms with Crippen LogP contribution in [0.5, 0.6) is 23.0 Å². The third-order valence-corrected chi connectivity index (χ3v) is 4.51. The van der Waals surface area contributed by atoms with E-state index in [0.717, 1.165) is 17.6 Å². The van der Waals surface area contributed by atoms with Gasteiger partial charge < -0.3 is 18.9 Å². The minimum absolute atomic E-state index is 0.181. The Balaban J connectivity index is 2.08. The molecule has 0 unspecified atom stereocenters. The highest BCUT2D eigenvalue weighted by atomic mass is 16.5. The van der Waals surface area contributed by atoms with Crippen molar-refractivity contribution in [1.82, 2.24) is 0 Å². The molecular formula is C22H22O5. The molecule has 0 aromatic heterocycles. The van der Waals surface area contributed by atoms with E-state index < -0.39 is 0 Å². The lowest BCUT2D eigenvalue weighted by atomic mass is 9.96. The monoisotopic (exact) mass is 366 g/mol. The number of hydrogen-bond acceptors (Lipinski definition) is 5. The van der Waals surface area contributed by atoms with Crippen LogP contribution in [-0.2, 0) is 0 Å². The second-order valence-electron chi connectivity index (χ2n) is 5.98. The summed E-state index contributed by atoms with van der Waals surface area (Å²) in [4.78, 5) is 13.3. The smallest absolute Gasteiger partial charge is 0.203 e. The highest BCUT2D eigenvalue weighted by molar-refractivity contribution is 6.11. The molecule has 1 aliphatic rings. The maximum absolute atomic E-state index is 13.3. The Morgan fingerprint density at radius 3 is 2.04 bits per heavy atom. The van der Waals surface area contributed by atoms with Crippen LogP contribution < -0.4 is 18.9 Å². The lowest BCUT2D eigenvalue weighted by Crippen LogP contribution is -2.06. The second kappa shape index (κ2) is 7.99. The van der Waals surface area contributed by atoms with Crippen LogP contribution in [0.15, 0.2) is 48.6 Å². The number of ether oxygens (including phenoxy) is 4. The third kappa shape index (κ3) is 3.53. The van der Waals surface area contributed by atoms with Gasteiger partial charge in [0.1, 0.15) is 5.75 Å². The molecule has 0 saturated carbocycles. The quantitative estimate of drug-likeness (QED) is 0.684. The summed E-state index contributed by atoms with van der Waals surface area (Å²) in [7, 11) is 6.12. The zero-order valence-electron chi connectivity index (χ0n) is 15.9. The van der Waals surface area contributed by atoms with E-state index in [2.05, 4.69) is 12.2 Å². The van der Waals surface area contributed by atoms with Crippen molar-refractivity contribution >= 4 is 11.4 Å². The number of rotatable bonds is 7. The Morgan fingerprint density at radius 2 is 1.52 bits per heavy atom. The van der Waals surface area contributed by atoms with Gasteiger partial charge in [-0.15, -0.1) is 0 Å². The molecule has 0 amide bonds. The third-order valence-electron chi connectivity index (χ3n) is 4.51. The fraction of sp³-hybridized carbons (Fsp3) is 0.227. The van der Waals surface area contributed by atoms with E-state index in [1.807, 2.05) is 24.3 Å². The molecule has 0 atom stereocenters. The van der Waals surface area contributed by atoms with Crippen LogP contribution in [0, 0.1) is 0 Å². The maximum atomic E-state index is 13.3. The Hall–Kier alpha value is -3.21. The van der Waals surface area contributed by atoms with E-state index in [4.69, 9.17) is 18.9 Å². The van der Waals surface area contributed by atoms with Gasteiger partial charge in [0.2, 0.25) is 5.75 Å². The van der Waals surface area contributed by atoms with Crippen molar-refractivity contribution in [2.75, 3.05) is 28.4 Å². The minimum atomic E-state index is -0.181. The van der Waals surface area contributed by atoms with Crippen LogP contribution in [0.2, 0.25) is 0 Å². The van der Waals surface area contributed by atoms with Crippen LogP contribution in [0.3, 0.4) is 0 Å². The molecule has 5 nitrogen and oxygen atoms in total. The summed E-state index contributed by atoms with van der Waals surface area (Å²) in [5, 5.41) is 0. The van der Waals surface area contributed by atoms with Gasteiger partial charge >= 0.3 is 0 Å². The molecule has 27 heavy (non-hydrogen) atoms. The average Bonchev–Trinajstić information content (AvgIpc) is 3.26. The molecule has 5 heteroatoms. The van der Waals surface area contributed by atoms with E-state index in [0.29, 0.717) is 34.1 Å². The highest BCUT2D eigenvalue weighted by Crippen LogP contribution is 2.39. The van der Waals surface area contributed by atoms with Gasteiger partial charge in [-0.1, -0.05) is 24.3 Å². The standard InChI is InChI=1S/C22H22O5/c1-24-18-10-9-15(14-7-5-6-8-14)11-17(18)21(23)16-12-19(25-2)22(27-4)20(13-16)26-3/h5-7,9-13H,8H2,1-4H3. The summed E-state index contributed by atoms with van der Waals surface area (Å²) in [6, 6.07) is 8.94. The molecule has 0 bridgehead atoms. The van der Waals surface area contributed by atoms with Gasteiger partial charge in [0.05, 0.1) is 34.0 Å². The molecule has 2 aromatic carbocycles. The highest BCUT2D eigenvalue weighted by Gasteiger charge is 2.21. The van der Waals surface area contributed by atoms with Gasteiger partial charge in [0.25, 0.3) is 0 Å². The Morgan fingerprint density at radius 1 is 0.852 bits per heavy atom. The summed E-state index contributed by atoms with van der Waals surface area (Å²) in [5.41, 5.74) is 3.07. The first-order chi connectivity index (χ1) is 13.1. The number of carbonyl (C=O) groups excluding carboxylic acids is 1. The van der Waals surface area contributed by atoms with Crippen molar-refractivity contribution in [3.8, 4) is 23.0 Å². The number of hydrogen-bond donors (Lipinski definition) is 0. The molecule has 0 heterocycles. The van der Waals surface area contributed by atoms with E-state index in [-0.39, 0.29) is 5.78 Å². The van der Waals surface area contributed by atoms with Crippen molar-refractivity contribution in [1.29, 1.82) is 0 Å². The summed E-state index contributed by atoms with van der Waals surface area (Å²) in [5.74, 6) is 1.64. The van der Waals surface area contributed by atoms with Crippen LogP contribution >= 0.6 is 0 Å². The van der Waals surface area contributed by atoms with Crippen molar-refractivity contribution in [3.05, 3.63) is 65.3 Å². The van der Waals surface area contributed by atoms with Crippen LogP contribution in [0.1, 0.15) is 27.9 Å². The number of ketones is 1. The fourth-order valence-electron chi connectivity index (χ4n) is 3.11. The van der Waals surface area contributed by atoms with Gasteiger partial charge in [0, 0.05) is 5.56 Å². The van der Waals surface area contributed by atoms with E-state index >= 15 is 0 Å². The number of carbonyl (C=O) groups is 1. The topological polar surface area (TPSA) is 54.0 Å². The molecule has 3 rings (SSSR count). The van der Waals surface area contributed by atoms with Crippen molar-refractivity contribution in [2.45, 2.75) is 6.42 Å². The van der Waals surface area contributed by atoms with E-state index in [9.17, 15) is 4.79 Å². The SMILES string of the molecule is COc1ccc(C2=CC=CC2)cc1C(=O)c1cc(OC)c(OC)c(OC)c1. The maximum Gasteiger partial charge on any atom is 0.203 e. The minimum Gasteiger partial charge on any atom is -0.496 e. The molecule has 0 spiro atoms.